The van der Waals surface area contributed by atoms with E-state index >= 15 is 0 Å². The quantitative estimate of drug-likeness (QED) is 0.785. The molecule has 0 saturated carbocycles. The van der Waals surface area contributed by atoms with Crippen molar-refractivity contribution in [3.8, 4) is 0 Å². The van der Waals surface area contributed by atoms with Gasteiger partial charge < -0.3 is 0 Å². The van der Waals surface area contributed by atoms with Crippen LogP contribution in [0.1, 0.15) is 25.3 Å². The molecule has 0 aromatic heterocycles. The zero-order valence-corrected chi connectivity index (χ0v) is 15.0. The highest BCUT2D eigenvalue weighted by molar-refractivity contribution is 7.93. The number of allylic oxidation sites excluding steroid dienone is 3. The van der Waals surface area contributed by atoms with Crippen molar-refractivity contribution in [3.63, 3.8) is 0 Å². The van der Waals surface area contributed by atoms with Gasteiger partial charge in [-0.2, -0.15) is 0 Å². The van der Waals surface area contributed by atoms with Crippen molar-refractivity contribution in [1.29, 1.82) is 0 Å². The molecule has 2 aromatic carbocycles. The molecule has 0 amide bonds. The summed E-state index contributed by atoms with van der Waals surface area (Å²) in [5, 5.41) is 0. The number of benzene rings is 2. The molecule has 2 aromatic rings. The lowest BCUT2D eigenvalue weighted by Gasteiger charge is -2.32. The SMILES string of the molecule is CCCC1(S(=O)(=O)c2ccccc2)N=CC=CC=C1c1ccccc1. The maximum absolute atomic E-state index is 13.7. The fraction of sp³-hybridized carbons (Fsp3) is 0.190. The Bertz CT molecular complexity index is 913. The normalized spacial score (nSPS) is 20.1. The second-order valence-electron chi connectivity index (χ2n) is 5.96. The van der Waals surface area contributed by atoms with Crippen LogP contribution in [-0.2, 0) is 9.84 Å². The zero-order valence-electron chi connectivity index (χ0n) is 14.2. The first kappa shape index (κ1) is 17.4. The third-order valence-corrected chi connectivity index (χ3v) is 6.65. The maximum Gasteiger partial charge on any atom is 0.208 e. The molecule has 0 N–H and O–H groups in total. The molecule has 0 spiro atoms. The van der Waals surface area contributed by atoms with Crippen molar-refractivity contribution in [1.82, 2.24) is 0 Å². The van der Waals surface area contributed by atoms with Crippen LogP contribution >= 0.6 is 0 Å². The van der Waals surface area contributed by atoms with Crippen LogP contribution in [0.25, 0.3) is 5.57 Å². The number of hydrogen-bond acceptors (Lipinski definition) is 3. The van der Waals surface area contributed by atoms with Gasteiger partial charge in [0, 0.05) is 11.8 Å². The Morgan fingerprint density at radius 3 is 2.20 bits per heavy atom. The van der Waals surface area contributed by atoms with E-state index in [1.54, 1.807) is 36.6 Å². The van der Waals surface area contributed by atoms with Crippen LogP contribution in [0.2, 0.25) is 0 Å². The average molecular weight is 351 g/mol. The largest absolute Gasteiger partial charge is 0.265 e. The van der Waals surface area contributed by atoms with Crippen molar-refractivity contribution in [2.24, 2.45) is 4.99 Å². The lowest BCUT2D eigenvalue weighted by Crippen LogP contribution is -2.38. The molecule has 1 heterocycles. The van der Waals surface area contributed by atoms with Gasteiger partial charge in [-0.1, -0.05) is 74.0 Å². The molecule has 128 valence electrons. The second kappa shape index (κ2) is 7.19. The fourth-order valence-corrected chi connectivity index (χ4v) is 5.24. The summed E-state index contributed by atoms with van der Waals surface area (Å²) >= 11 is 0. The predicted molar refractivity (Wildman–Crippen MR) is 103 cm³/mol. The number of rotatable bonds is 5. The van der Waals surface area contributed by atoms with Crippen molar-refractivity contribution in [3.05, 3.63) is 84.5 Å². The van der Waals surface area contributed by atoms with Crippen LogP contribution in [0.15, 0.2) is 88.8 Å². The van der Waals surface area contributed by atoms with Crippen LogP contribution in [0.5, 0.6) is 0 Å². The highest BCUT2D eigenvalue weighted by atomic mass is 32.2. The Balaban J connectivity index is 2.28. The molecular formula is C21H21NO2S. The highest BCUT2D eigenvalue weighted by Crippen LogP contribution is 2.43. The summed E-state index contributed by atoms with van der Waals surface area (Å²) in [6, 6.07) is 18.2. The van der Waals surface area contributed by atoms with E-state index in [0.29, 0.717) is 23.3 Å². The molecule has 3 rings (SSSR count). The lowest BCUT2D eigenvalue weighted by molar-refractivity contribution is 0.544. The molecule has 1 aliphatic rings. The van der Waals surface area contributed by atoms with Gasteiger partial charge in [-0.3, -0.25) is 4.99 Å². The van der Waals surface area contributed by atoms with E-state index in [1.165, 1.54) is 0 Å². The molecule has 3 nitrogen and oxygen atoms in total. The van der Waals surface area contributed by atoms with E-state index in [-0.39, 0.29) is 0 Å². The standard InChI is InChI=1S/C21H21NO2S/c1-2-16-21(25(23,24)19-13-7-4-8-14-19)20(15-9-10-17-22-21)18-11-5-3-6-12-18/h3-15,17H,2,16H2,1H3. The summed E-state index contributed by atoms with van der Waals surface area (Å²) in [4.78, 5) is 3.55. The summed E-state index contributed by atoms with van der Waals surface area (Å²) in [7, 11) is -3.71. The summed E-state index contributed by atoms with van der Waals surface area (Å²) in [5.41, 5.74) is 1.59. The minimum absolute atomic E-state index is 0.296. The first-order valence-electron chi connectivity index (χ1n) is 8.39. The third-order valence-electron chi connectivity index (χ3n) is 4.34. The summed E-state index contributed by atoms with van der Waals surface area (Å²) in [6.45, 7) is 1.98. The summed E-state index contributed by atoms with van der Waals surface area (Å²) in [6.07, 6.45) is 8.22. The fourth-order valence-electron chi connectivity index (χ4n) is 3.19. The molecule has 25 heavy (non-hydrogen) atoms. The smallest absolute Gasteiger partial charge is 0.208 e. The average Bonchev–Trinajstić information content (AvgIpc) is 2.87. The van der Waals surface area contributed by atoms with E-state index in [9.17, 15) is 8.42 Å². The number of sulfone groups is 1. The molecule has 0 fully saturated rings. The molecule has 1 unspecified atom stereocenters. The predicted octanol–water partition coefficient (Wildman–Crippen LogP) is 4.68. The molecule has 0 bridgehead atoms. The van der Waals surface area contributed by atoms with E-state index in [0.717, 1.165) is 5.56 Å². The van der Waals surface area contributed by atoms with Crippen molar-refractivity contribution in [2.75, 3.05) is 0 Å². The van der Waals surface area contributed by atoms with Gasteiger partial charge in [-0.15, -0.1) is 0 Å². The number of hydrogen-bond donors (Lipinski definition) is 0. The number of aliphatic imine (C=N–C) groups is 1. The van der Waals surface area contributed by atoms with Crippen LogP contribution in [-0.4, -0.2) is 19.5 Å². The van der Waals surface area contributed by atoms with Crippen LogP contribution in [0, 0.1) is 0 Å². The van der Waals surface area contributed by atoms with Crippen LogP contribution < -0.4 is 0 Å². The van der Waals surface area contributed by atoms with Gasteiger partial charge in [-0.25, -0.2) is 8.42 Å². The molecule has 0 radical (unpaired) electrons. The van der Waals surface area contributed by atoms with E-state index < -0.39 is 14.7 Å². The van der Waals surface area contributed by atoms with Gasteiger partial charge in [0.15, 0.2) is 4.87 Å². The first-order valence-corrected chi connectivity index (χ1v) is 9.88. The Morgan fingerprint density at radius 2 is 1.56 bits per heavy atom. The first-order chi connectivity index (χ1) is 12.1. The molecule has 1 aliphatic heterocycles. The maximum atomic E-state index is 13.7. The summed E-state index contributed by atoms with van der Waals surface area (Å²) < 4.78 is 27.3. The van der Waals surface area contributed by atoms with Gasteiger partial charge in [0.05, 0.1) is 4.90 Å². The van der Waals surface area contributed by atoms with Gasteiger partial charge in [-0.05, 0) is 30.2 Å². The van der Waals surface area contributed by atoms with E-state index in [1.807, 2.05) is 55.5 Å². The molecule has 0 aliphatic carbocycles. The molecular weight excluding hydrogens is 330 g/mol. The highest BCUT2D eigenvalue weighted by Gasteiger charge is 2.47. The Kier molecular flexibility index (Phi) is 5.00. The second-order valence-corrected chi connectivity index (χ2v) is 8.11. The Labute approximate surface area is 149 Å². The van der Waals surface area contributed by atoms with Gasteiger partial charge in [0.2, 0.25) is 9.84 Å². The van der Waals surface area contributed by atoms with Crippen molar-refractivity contribution < 1.29 is 8.42 Å². The Hall–Kier alpha value is -2.46. The van der Waals surface area contributed by atoms with Gasteiger partial charge in [0.1, 0.15) is 0 Å². The van der Waals surface area contributed by atoms with E-state index in [4.69, 9.17) is 0 Å². The van der Waals surface area contributed by atoms with Crippen LogP contribution in [0.3, 0.4) is 0 Å². The lowest BCUT2D eigenvalue weighted by atomic mass is 9.94. The van der Waals surface area contributed by atoms with Crippen molar-refractivity contribution >= 4 is 21.6 Å². The molecule has 1 atom stereocenters. The van der Waals surface area contributed by atoms with Gasteiger partial charge in [0.25, 0.3) is 0 Å². The van der Waals surface area contributed by atoms with E-state index in [2.05, 4.69) is 4.99 Å². The van der Waals surface area contributed by atoms with Gasteiger partial charge >= 0.3 is 0 Å². The van der Waals surface area contributed by atoms with Crippen LogP contribution in [0.4, 0.5) is 0 Å². The zero-order chi connectivity index (χ0) is 17.8. The summed E-state index contributed by atoms with van der Waals surface area (Å²) in [5.74, 6) is 0. The Morgan fingerprint density at radius 1 is 0.920 bits per heavy atom. The minimum Gasteiger partial charge on any atom is -0.265 e. The van der Waals surface area contributed by atoms with Crippen molar-refractivity contribution in [2.45, 2.75) is 29.5 Å². The minimum atomic E-state index is -3.71. The third kappa shape index (κ3) is 3.10. The molecule has 0 saturated heterocycles. The molecule has 4 heteroatoms. The topological polar surface area (TPSA) is 46.5 Å². The number of nitrogens with zero attached hydrogens (tertiary/aromatic N) is 1. The monoisotopic (exact) mass is 351 g/mol.